The van der Waals surface area contributed by atoms with Crippen LogP contribution in [0.3, 0.4) is 0 Å². The van der Waals surface area contributed by atoms with Gasteiger partial charge in [-0.15, -0.1) is 0 Å². The first-order valence-electron chi connectivity index (χ1n) is 2.59. The van der Waals surface area contributed by atoms with Gasteiger partial charge in [-0.3, -0.25) is 0 Å². The highest BCUT2D eigenvalue weighted by molar-refractivity contribution is 9.09. The van der Waals surface area contributed by atoms with Gasteiger partial charge in [0.2, 0.25) is 5.20 Å². The van der Waals surface area contributed by atoms with Gasteiger partial charge in [0.05, 0.1) is 6.61 Å². The van der Waals surface area contributed by atoms with Gasteiger partial charge in [0.1, 0.15) is 0 Å². The lowest BCUT2D eigenvalue weighted by Crippen LogP contribution is -2.06. The zero-order chi connectivity index (χ0) is 6.41. The van der Waals surface area contributed by atoms with Crippen molar-refractivity contribution in [3.63, 3.8) is 0 Å². The molecule has 0 heterocycles. The topological polar surface area (TPSA) is 18.5 Å². The Morgan fingerprint density at radius 1 is 1.62 bits per heavy atom. The van der Waals surface area contributed by atoms with Gasteiger partial charge in [-0.25, -0.2) is 0 Å². The fourth-order valence-electron chi connectivity index (χ4n) is 0.279. The Bertz CT molecular complexity index is 49.7. The molecule has 0 saturated carbocycles. The molecule has 0 aromatic heterocycles. The molecule has 0 saturated heterocycles. The summed E-state index contributed by atoms with van der Waals surface area (Å²) in [6, 6.07) is 0. The molecule has 0 aromatic carbocycles. The lowest BCUT2D eigenvalue weighted by molar-refractivity contribution is -0.0545. The summed E-state index contributed by atoms with van der Waals surface area (Å²) in [5, 5.41) is -0.234. The maximum Gasteiger partial charge on any atom is 0.215 e. The molecule has 50 valence electrons. The second-order valence-corrected chi connectivity index (χ2v) is 2.13. The molecule has 0 N–H and O–H groups in total. The number of rotatable bonds is 4. The molecule has 0 rings (SSSR count). The monoisotopic (exact) mass is 182 g/mol. The van der Waals surface area contributed by atoms with E-state index >= 15 is 0 Å². The van der Waals surface area contributed by atoms with Crippen LogP contribution in [0, 0.1) is 0 Å². The first-order chi connectivity index (χ1) is 3.81. The highest BCUT2D eigenvalue weighted by Crippen LogP contribution is 2.01. The Morgan fingerprint density at radius 2 is 2.25 bits per heavy atom. The van der Waals surface area contributed by atoms with E-state index in [1.807, 2.05) is 0 Å². The minimum absolute atomic E-state index is 0.234. The van der Waals surface area contributed by atoms with Crippen molar-refractivity contribution in [1.29, 1.82) is 0 Å². The van der Waals surface area contributed by atoms with Crippen LogP contribution in [-0.2, 0) is 9.47 Å². The van der Waals surface area contributed by atoms with Gasteiger partial charge in [0, 0.05) is 7.11 Å². The summed E-state index contributed by atoms with van der Waals surface area (Å²) in [5.41, 5.74) is 0. The van der Waals surface area contributed by atoms with Crippen molar-refractivity contribution in [2.24, 2.45) is 0 Å². The maximum absolute atomic E-state index is 5.03. The number of hydrogen-bond acceptors (Lipinski definition) is 2. The molecule has 8 heavy (non-hydrogen) atoms. The highest BCUT2D eigenvalue weighted by atomic mass is 79.9. The van der Waals surface area contributed by atoms with E-state index in [1.165, 1.54) is 0 Å². The van der Waals surface area contributed by atoms with E-state index in [0.717, 1.165) is 13.0 Å². The van der Waals surface area contributed by atoms with E-state index in [0.29, 0.717) is 0 Å². The Morgan fingerprint density at radius 3 is 2.62 bits per heavy atom. The van der Waals surface area contributed by atoms with E-state index in [2.05, 4.69) is 22.9 Å². The van der Waals surface area contributed by atoms with E-state index in [1.54, 1.807) is 7.11 Å². The average Bonchev–Trinajstić information content (AvgIpc) is 1.83. The molecule has 1 atom stereocenters. The van der Waals surface area contributed by atoms with Crippen molar-refractivity contribution < 1.29 is 9.47 Å². The molecule has 0 spiro atoms. The molecule has 0 aliphatic rings. The van der Waals surface area contributed by atoms with Gasteiger partial charge in [0.15, 0.2) is 0 Å². The number of ether oxygens (including phenoxy) is 2. The number of halogens is 1. The minimum Gasteiger partial charge on any atom is -0.347 e. The van der Waals surface area contributed by atoms with E-state index < -0.39 is 0 Å². The summed E-state index contributed by atoms with van der Waals surface area (Å²) in [5.74, 6) is 0. The van der Waals surface area contributed by atoms with Crippen LogP contribution in [0.1, 0.15) is 13.3 Å². The average molecular weight is 183 g/mol. The molecule has 0 fully saturated rings. The summed E-state index contributed by atoms with van der Waals surface area (Å²) < 4.78 is 9.78. The molecule has 0 bridgehead atoms. The normalized spacial score (nSPS) is 13.9. The third kappa shape index (κ3) is 4.56. The van der Waals surface area contributed by atoms with Gasteiger partial charge in [-0.1, -0.05) is 6.92 Å². The largest absolute Gasteiger partial charge is 0.347 e. The van der Waals surface area contributed by atoms with Crippen molar-refractivity contribution in [2.75, 3.05) is 13.7 Å². The van der Waals surface area contributed by atoms with Crippen LogP contribution in [0.5, 0.6) is 0 Å². The summed E-state index contributed by atoms with van der Waals surface area (Å²) in [7, 11) is 1.59. The zero-order valence-corrected chi connectivity index (χ0v) is 6.77. The second-order valence-electron chi connectivity index (χ2n) is 1.38. The minimum atomic E-state index is -0.234. The first kappa shape index (κ1) is 8.40. The fourth-order valence-corrected chi connectivity index (χ4v) is 0.465. The molecule has 0 amide bonds. The Balaban J connectivity index is 2.86. The van der Waals surface area contributed by atoms with Crippen molar-refractivity contribution in [2.45, 2.75) is 18.5 Å². The molecule has 0 aromatic rings. The predicted octanol–water partition coefficient (Wildman–Crippen LogP) is 1.74. The van der Waals surface area contributed by atoms with Crippen LogP contribution in [-0.4, -0.2) is 18.9 Å². The van der Waals surface area contributed by atoms with Gasteiger partial charge in [-0.2, -0.15) is 0 Å². The van der Waals surface area contributed by atoms with E-state index in [4.69, 9.17) is 9.47 Å². The molecule has 0 radical (unpaired) electrons. The van der Waals surface area contributed by atoms with Crippen LogP contribution in [0.15, 0.2) is 0 Å². The lowest BCUT2D eigenvalue weighted by atomic mass is 10.5. The van der Waals surface area contributed by atoms with Gasteiger partial charge >= 0.3 is 0 Å². The molecular weight excluding hydrogens is 172 g/mol. The SMILES string of the molecule is CCCOC(Br)OC. The van der Waals surface area contributed by atoms with Crippen molar-refractivity contribution in [3.8, 4) is 0 Å². The lowest BCUT2D eigenvalue weighted by Gasteiger charge is -2.06. The second kappa shape index (κ2) is 5.54. The Kier molecular flexibility index (Phi) is 5.81. The third-order valence-corrected chi connectivity index (χ3v) is 1.28. The molecule has 0 aliphatic carbocycles. The molecular formula is C5H11BrO2. The van der Waals surface area contributed by atoms with Gasteiger partial charge in [0.25, 0.3) is 0 Å². The highest BCUT2D eigenvalue weighted by Gasteiger charge is 1.96. The maximum atomic E-state index is 5.03. The number of hydrogen-bond donors (Lipinski definition) is 0. The number of methoxy groups -OCH3 is 1. The quantitative estimate of drug-likeness (QED) is 0.488. The first-order valence-corrected chi connectivity index (χ1v) is 3.51. The standard InChI is InChI=1S/C5H11BrO2/c1-3-4-8-5(6)7-2/h5H,3-4H2,1-2H3. The van der Waals surface area contributed by atoms with Gasteiger partial charge < -0.3 is 9.47 Å². The van der Waals surface area contributed by atoms with Crippen LogP contribution in [0.2, 0.25) is 0 Å². The Labute approximate surface area is 58.3 Å². The van der Waals surface area contributed by atoms with Crippen LogP contribution in [0.25, 0.3) is 0 Å². The summed E-state index contributed by atoms with van der Waals surface area (Å²) in [6.45, 7) is 2.79. The van der Waals surface area contributed by atoms with Crippen molar-refractivity contribution >= 4 is 15.9 Å². The van der Waals surface area contributed by atoms with Crippen LogP contribution in [0.4, 0.5) is 0 Å². The van der Waals surface area contributed by atoms with E-state index in [-0.39, 0.29) is 5.20 Å². The molecule has 1 unspecified atom stereocenters. The molecule has 0 aliphatic heterocycles. The fraction of sp³-hybridized carbons (Fsp3) is 1.00. The van der Waals surface area contributed by atoms with Crippen molar-refractivity contribution in [1.82, 2.24) is 0 Å². The van der Waals surface area contributed by atoms with E-state index in [9.17, 15) is 0 Å². The summed E-state index contributed by atoms with van der Waals surface area (Å²) >= 11 is 3.13. The predicted molar refractivity (Wildman–Crippen MR) is 36.0 cm³/mol. The molecule has 3 heteroatoms. The number of alkyl halides is 1. The molecule has 2 nitrogen and oxygen atoms in total. The van der Waals surface area contributed by atoms with Crippen molar-refractivity contribution in [3.05, 3.63) is 0 Å². The Hall–Kier alpha value is 0.400. The summed E-state index contributed by atoms with van der Waals surface area (Å²) in [6.07, 6.45) is 1.02. The van der Waals surface area contributed by atoms with Crippen LogP contribution >= 0.6 is 15.9 Å². The van der Waals surface area contributed by atoms with Gasteiger partial charge in [-0.05, 0) is 22.4 Å². The third-order valence-electron chi connectivity index (χ3n) is 0.638. The summed E-state index contributed by atoms with van der Waals surface area (Å²) in [4.78, 5) is 0. The van der Waals surface area contributed by atoms with Crippen LogP contribution < -0.4 is 0 Å². The smallest absolute Gasteiger partial charge is 0.215 e. The zero-order valence-electron chi connectivity index (χ0n) is 5.19.